The fourth-order valence-electron chi connectivity index (χ4n) is 2.26. The summed E-state index contributed by atoms with van der Waals surface area (Å²) in [5.74, 6) is -0.422. The van der Waals surface area contributed by atoms with E-state index in [1.807, 2.05) is 0 Å². The van der Waals surface area contributed by atoms with Crippen molar-refractivity contribution < 1.29 is 14.0 Å². The Bertz CT molecular complexity index is 406. The van der Waals surface area contributed by atoms with E-state index in [4.69, 9.17) is 4.42 Å². The highest BCUT2D eigenvalue weighted by Gasteiger charge is 2.36. The predicted molar refractivity (Wildman–Crippen MR) is 67.5 cm³/mol. The van der Waals surface area contributed by atoms with Crippen LogP contribution < -0.4 is 0 Å². The van der Waals surface area contributed by atoms with Gasteiger partial charge in [-0.2, -0.15) is 0 Å². The van der Waals surface area contributed by atoms with Crippen LogP contribution in [0.3, 0.4) is 0 Å². The van der Waals surface area contributed by atoms with E-state index >= 15 is 0 Å². The third-order valence-corrected chi connectivity index (χ3v) is 3.35. The molecule has 0 unspecified atom stereocenters. The maximum atomic E-state index is 11.9. The lowest BCUT2D eigenvalue weighted by Gasteiger charge is -2.13. The van der Waals surface area contributed by atoms with Crippen molar-refractivity contribution in [2.24, 2.45) is 0 Å². The summed E-state index contributed by atoms with van der Waals surface area (Å²) in [6, 6.07) is 0. The molecule has 0 N–H and O–H groups in total. The summed E-state index contributed by atoms with van der Waals surface area (Å²) in [7, 11) is 0. The van der Waals surface area contributed by atoms with Gasteiger partial charge < -0.3 is 4.42 Å². The SMILES string of the molecule is CCCCCCCCN1C(=O)c2cocc2C1=O. The van der Waals surface area contributed by atoms with Crippen LogP contribution in [0.25, 0.3) is 0 Å². The Morgan fingerprint density at radius 2 is 1.50 bits per heavy atom. The highest BCUT2D eigenvalue weighted by molar-refractivity contribution is 6.21. The quantitative estimate of drug-likeness (QED) is 0.550. The third-order valence-electron chi connectivity index (χ3n) is 3.35. The molecule has 1 aliphatic rings. The second-order valence-corrected chi connectivity index (χ2v) is 4.73. The topological polar surface area (TPSA) is 50.5 Å². The third kappa shape index (κ3) is 2.47. The zero-order valence-electron chi connectivity index (χ0n) is 10.8. The number of hydrogen-bond acceptors (Lipinski definition) is 3. The van der Waals surface area contributed by atoms with E-state index in [0.717, 1.165) is 12.8 Å². The van der Waals surface area contributed by atoms with E-state index in [-0.39, 0.29) is 11.8 Å². The first kappa shape index (κ1) is 12.9. The standard InChI is InChI=1S/C14H19NO3/c1-2-3-4-5-6-7-8-15-13(16)11-9-18-10-12(11)14(15)17/h9-10H,2-8H2,1H3. The number of carbonyl (C=O) groups is 2. The highest BCUT2D eigenvalue weighted by Crippen LogP contribution is 2.23. The zero-order chi connectivity index (χ0) is 13.0. The largest absolute Gasteiger partial charge is 0.471 e. The molecule has 1 aliphatic heterocycles. The Kier molecular flexibility index (Phi) is 4.18. The van der Waals surface area contributed by atoms with Crippen molar-refractivity contribution in [2.75, 3.05) is 6.54 Å². The second kappa shape index (κ2) is 5.85. The minimum Gasteiger partial charge on any atom is -0.471 e. The molecule has 2 rings (SSSR count). The van der Waals surface area contributed by atoms with Crippen molar-refractivity contribution in [3.63, 3.8) is 0 Å². The molecular formula is C14H19NO3. The van der Waals surface area contributed by atoms with Crippen LogP contribution >= 0.6 is 0 Å². The van der Waals surface area contributed by atoms with Crippen molar-refractivity contribution in [1.82, 2.24) is 4.90 Å². The van der Waals surface area contributed by atoms with Gasteiger partial charge in [0.25, 0.3) is 11.8 Å². The van der Waals surface area contributed by atoms with E-state index in [9.17, 15) is 9.59 Å². The summed E-state index contributed by atoms with van der Waals surface area (Å²) in [4.78, 5) is 25.1. The van der Waals surface area contributed by atoms with Crippen molar-refractivity contribution >= 4 is 11.8 Å². The summed E-state index contributed by atoms with van der Waals surface area (Å²) in [5, 5.41) is 0. The van der Waals surface area contributed by atoms with Crippen LogP contribution in [0.2, 0.25) is 0 Å². The first-order valence-corrected chi connectivity index (χ1v) is 6.68. The number of unbranched alkanes of at least 4 members (excludes halogenated alkanes) is 5. The van der Waals surface area contributed by atoms with E-state index in [2.05, 4.69) is 6.92 Å². The number of amides is 2. The van der Waals surface area contributed by atoms with Crippen molar-refractivity contribution in [2.45, 2.75) is 45.4 Å². The van der Waals surface area contributed by atoms with Gasteiger partial charge in [-0.15, -0.1) is 0 Å². The minimum absolute atomic E-state index is 0.211. The molecule has 98 valence electrons. The van der Waals surface area contributed by atoms with Gasteiger partial charge in [-0.05, 0) is 6.42 Å². The normalized spacial score (nSPS) is 14.4. The summed E-state index contributed by atoms with van der Waals surface area (Å²) in [6.45, 7) is 2.71. The number of nitrogens with zero attached hydrogens (tertiary/aromatic N) is 1. The summed E-state index contributed by atoms with van der Waals surface area (Å²) in [6.07, 6.45) is 9.59. The number of hydrogen-bond donors (Lipinski definition) is 0. The van der Waals surface area contributed by atoms with Gasteiger partial charge in [-0.25, -0.2) is 0 Å². The van der Waals surface area contributed by atoms with Crippen LogP contribution in [0.1, 0.15) is 66.2 Å². The molecule has 0 spiro atoms. The van der Waals surface area contributed by atoms with Crippen LogP contribution in [0, 0.1) is 0 Å². The van der Waals surface area contributed by atoms with Crippen molar-refractivity contribution in [3.8, 4) is 0 Å². The van der Waals surface area contributed by atoms with Gasteiger partial charge in [0.1, 0.15) is 12.5 Å². The Morgan fingerprint density at radius 3 is 2.11 bits per heavy atom. The lowest BCUT2D eigenvalue weighted by atomic mass is 10.1. The molecule has 4 heteroatoms. The number of fused-ring (bicyclic) bond motifs is 1. The molecule has 18 heavy (non-hydrogen) atoms. The smallest absolute Gasteiger partial charge is 0.264 e. The Labute approximate surface area is 107 Å². The van der Waals surface area contributed by atoms with Crippen LogP contribution in [-0.2, 0) is 0 Å². The first-order valence-electron chi connectivity index (χ1n) is 6.68. The average molecular weight is 249 g/mol. The Hall–Kier alpha value is -1.58. The van der Waals surface area contributed by atoms with Crippen LogP contribution in [0.4, 0.5) is 0 Å². The Morgan fingerprint density at radius 1 is 0.944 bits per heavy atom. The summed E-state index contributed by atoms with van der Waals surface area (Å²) >= 11 is 0. The molecule has 0 saturated carbocycles. The minimum atomic E-state index is -0.211. The van der Waals surface area contributed by atoms with Gasteiger partial charge >= 0.3 is 0 Å². The summed E-state index contributed by atoms with van der Waals surface area (Å²) in [5.41, 5.74) is 0.817. The second-order valence-electron chi connectivity index (χ2n) is 4.73. The van der Waals surface area contributed by atoms with Gasteiger partial charge in [-0.3, -0.25) is 14.5 Å². The summed E-state index contributed by atoms with van der Waals surface area (Å²) < 4.78 is 4.88. The molecule has 0 atom stereocenters. The van der Waals surface area contributed by atoms with Crippen molar-refractivity contribution in [3.05, 3.63) is 23.7 Å². The van der Waals surface area contributed by atoms with Gasteiger partial charge in [0.15, 0.2) is 0 Å². The fourth-order valence-corrected chi connectivity index (χ4v) is 2.26. The number of furan rings is 1. The Balaban J connectivity index is 1.77. The highest BCUT2D eigenvalue weighted by atomic mass is 16.3. The zero-order valence-corrected chi connectivity index (χ0v) is 10.8. The molecule has 0 radical (unpaired) electrons. The van der Waals surface area contributed by atoms with Gasteiger partial charge in [0, 0.05) is 6.54 Å². The fraction of sp³-hybridized carbons (Fsp3) is 0.571. The molecule has 2 amide bonds. The number of rotatable bonds is 7. The van der Waals surface area contributed by atoms with Crippen LogP contribution in [0.15, 0.2) is 16.9 Å². The van der Waals surface area contributed by atoms with Gasteiger partial charge in [0.05, 0.1) is 11.1 Å². The lowest BCUT2D eigenvalue weighted by molar-refractivity contribution is 0.0648. The first-order chi connectivity index (χ1) is 8.75. The molecule has 1 aromatic rings. The number of imide groups is 1. The lowest BCUT2D eigenvalue weighted by Crippen LogP contribution is -2.30. The predicted octanol–water partition coefficient (Wildman–Crippen LogP) is 3.24. The van der Waals surface area contributed by atoms with Crippen LogP contribution in [-0.4, -0.2) is 23.3 Å². The van der Waals surface area contributed by atoms with E-state index in [0.29, 0.717) is 17.7 Å². The van der Waals surface area contributed by atoms with E-state index in [1.165, 1.54) is 43.1 Å². The molecule has 4 nitrogen and oxygen atoms in total. The number of carbonyl (C=O) groups excluding carboxylic acids is 2. The molecular weight excluding hydrogens is 230 g/mol. The molecule has 0 aromatic carbocycles. The maximum absolute atomic E-state index is 11.9. The van der Waals surface area contributed by atoms with E-state index < -0.39 is 0 Å². The molecule has 1 aromatic heterocycles. The maximum Gasteiger partial charge on any atom is 0.264 e. The molecule has 0 saturated heterocycles. The monoisotopic (exact) mass is 249 g/mol. The molecule has 0 fully saturated rings. The average Bonchev–Trinajstić information content (AvgIpc) is 2.92. The van der Waals surface area contributed by atoms with Gasteiger partial charge in [-0.1, -0.05) is 39.0 Å². The van der Waals surface area contributed by atoms with E-state index in [1.54, 1.807) is 0 Å². The molecule has 0 aliphatic carbocycles. The van der Waals surface area contributed by atoms with Crippen LogP contribution in [0.5, 0.6) is 0 Å². The van der Waals surface area contributed by atoms with Gasteiger partial charge in [0.2, 0.25) is 0 Å². The molecule has 2 heterocycles. The van der Waals surface area contributed by atoms with Crippen molar-refractivity contribution in [1.29, 1.82) is 0 Å². The molecule has 0 bridgehead atoms.